The Morgan fingerprint density at radius 2 is 1.60 bits per heavy atom. The number of Topliss-reactive ketones (excluding diaryl/α,β-unsaturated/α-hetero) is 1. The molecule has 0 saturated heterocycles. The van der Waals surface area contributed by atoms with Crippen molar-refractivity contribution in [2.24, 2.45) is 38.9 Å². The largest absolute Gasteiger partial charge is 0.295 e. The van der Waals surface area contributed by atoms with Crippen LogP contribution in [0.3, 0.4) is 0 Å². The van der Waals surface area contributed by atoms with Crippen LogP contribution in [0.15, 0.2) is 45.0 Å². The molecule has 0 amide bonds. The second-order valence-electron chi connectivity index (χ2n) is 16.2. The molecule has 2 saturated carbocycles. The van der Waals surface area contributed by atoms with Crippen LogP contribution in [0, 0.1) is 50.2 Å². The topological polar surface area (TPSA) is 104 Å². The zero-order valence-corrected chi connectivity index (χ0v) is 28.7. The fourth-order valence-electron chi connectivity index (χ4n) is 9.48. The van der Waals surface area contributed by atoms with Crippen LogP contribution < -0.4 is 4.72 Å². The number of nitrogens with zero attached hydrogens (tertiary/aromatic N) is 1. The maximum atomic E-state index is 14.3. The first-order valence-corrected chi connectivity index (χ1v) is 18.1. The summed E-state index contributed by atoms with van der Waals surface area (Å²) in [4.78, 5) is 27.6. The van der Waals surface area contributed by atoms with Crippen molar-refractivity contribution in [1.82, 2.24) is 4.72 Å². The van der Waals surface area contributed by atoms with Crippen LogP contribution in [-0.4, -0.2) is 25.5 Å². The molecular formula is C35H48N2O4S2. The average molecular weight is 625 g/mol. The fraction of sp³-hybridized carbons (Fsp3) is 0.686. The van der Waals surface area contributed by atoms with Crippen LogP contribution >= 0.6 is 11.3 Å². The van der Waals surface area contributed by atoms with Crippen molar-refractivity contribution < 1.29 is 18.0 Å². The van der Waals surface area contributed by atoms with E-state index in [1.54, 1.807) is 17.5 Å². The number of nitrogens with one attached hydrogen (secondary N) is 1. The van der Waals surface area contributed by atoms with E-state index in [1.807, 2.05) is 32.9 Å². The van der Waals surface area contributed by atoms with Crippen molar-refractivity contribution in [2.75, 3.05) is 0 Å². The molecule has 234 valence electrons. The predicted octanol–water partition coefficient (Wildman–Crippen LogP) is 7.78. The Labute approximate surface area is 262 Å². The van der Waals surface area contributed by atoms with Gasteiger partial charge in [0.05, 0.1) is 5.57 Å². The number of allylic oxidation sites excluding steroid dienone is 4. The van der Waals surface area contributed by atoms with Gasteiger partial charge in [-0.25, -0.2) is 13.1 Å². The van der Waals surface area contributed by atoms with Crippen molar-refractivity contribution in [3.05, 3.63) is 40.8 Å². The zero-order chi connectivity index (χ0) is 31.9. The Kier molecular flexibility index (Phi) is 7.68. The van der Waals surface area contributed by atoms with Gasteiger partial charge in [-0.2, -0.15) is 5.26 Å². The van der Waals surface area contributed by atoms with Gasteiger partial charge in [0.25, 0.3) is 10.0 Å². The van der Waals surface area contributed by atoms with Crippen LogP contribution in [0.2, 0.25) is 0 Å². The number of rotatable bonds is 3. The minimum atomic E-state index is -3.69. The highest BCUT2D eigenvalue weighted by atomic mass is 32.2. The maximum Gasteiger partial charge on any atom is 0.250 e. The van der Waals surface area contributed by atoms with Gasteiger partial charge in [0.1, 0.15) is 10.3 Å². The summed E-state index contributed by atoms with van der Waals surface area (Å²) in [6.07, 6.45) is 9.98. The second kappa shape index (κ2) is 10.2. The molecule has 1 unspecified atom stereocenters. The summed E-state index contributed by atoms with van der Waals surface area (Å²) in [5.41, 5.74) is -1.60. The van der Waals surface area contributed by atoms with E-state index >= 15 is 0 Å². The van der Waals surface area contributed by atoms with Gasteiger partial charge in [0.15, 0.2) is 11.6 Å². The molecular weight excluding hydrogens is 577 g/mol. The molecule has 4 aliphatic carbocycles. The van der Waals surface area contributed by atoms with E-state index in [4.69, 9.17) is 0 Å². The molecule has 5 rings (SSSR count). The van der Waals surface area contributed by atoms with E-state index in [0.29, 0.717) is 23.5 Å². The number of hydrogen-bond donors (Lipinski definition) is 1. The Morgan fingerprint density at radius 1 is 0.930 bits per heavy atom. The summed E-state index contributed by atoms with van der Waals surface area (Å²) in [6, 6.07) is 5.58. The van der Waals surface area contributed by atoms with Gasteiger partial charge < -0.3 is 0 Å². The molecule has 0 aromatic carbocycles. The van der Waals surface area contributed by atoms with E-state index in [-0.39, 0.29) is 39.8 Å². The number of fused-ring (bicyclic) bond motifs is 5. The third kappa shape index (κ3) is 5.02. The van der Waals surface area contributed by atoms with E-state index < -0.39 is 31.8 Å². The van der Waals surface area contributed by atoms with Gasteiger partial charge in [0, 0.05) is 22.3 Å². The Balaban J connectivity index is 1.62. The van der Waals surface area contributed by atoms with Crippen LogP contribution in [0.4, 0.5) is 0 Å². The SMILES string of the molecule is CC1(C)CCC2C(=O)C=C3[C@@]4(C)C=C(C#N)C(=O)C(C)(C)[C@@H]4CC[C@@]3(C)[C@]2(C)CC[C@@](C)(NS(=O)(=O)c2cccs2)CC1. The highest BCUT2D eigenvalue weighted by Gasteiger charge is 2.65. The molecule has 0 aliphatic heterocycles. The lowest BCUT2D eigenvalue weighted by atomic mass is 9.38. The van der Waals surface area contributed by atoms with Gasteiger partial charge in [-0.1, -0.05) is 66.2 Å². The molecule has 1 N–H and O–H groups in total. The average Bonchev–Trinajstić information content (AvgIpc) is 3.46. The number of carbonyl (C=O) groups is 2. The van der Waals surface area contributed by atoms with Crippen LogP contribution in [-0.2, 0) is 19.6 Å². The Bertz CT molecular complexity index is 1550. The van der Waals surface area contributed by atoms with E-state index in [9.17, 15) is 23.3 Å². The maximum absolute atomic E-state index is 14.3. The molecule has 0 spiro atoms. The molecule has 1 aromatic heterocycles. The quantitative estimate of drug-likeness (QED) is 0.370. The van der Waals surface area contributed by atoms with Gasteiger partial charge in [-0.05, 0) is 98.0 Å². The summed E-state index contributed by atoms with van der Waals surface area (Å²) >= 11 is 1.22. The summed E-state index contributed by atoms with van der Waals surface area (Å²) in [6.45, 7) is 17.1. The number of sulfonamides is 1. The number of nitriles is 1. The lowest BCUT2D eigenvalue weighted by Crippen LogP contribution is -2.60. The molecule has 0 radical (unpaired) electrons. The highest BCUT2D eigenvalue weighted by molar-refractivity contribution is 7.91. The van der Waals surface area contributed by atoms with E-state index in [0.717, 1.165) is 37.7 Å². The monoisotopic (exact) mass is 624 g/mol. The first kappa shape index (κ1) is 32.3. The van der Waals surface area contributed by atoms with Gasteiger partial charge >= 0.3 is 0 Å². The zero-order valence-electron chi connectivity index (χ0n) is 27.1. The molecule has 6 nitrogen and oxygen atoms in total. The number of carbonyl (C=O) groups excluding carboxylic acids is 2. The van der Waals surface area contributed by atoms with Gasteiger partial charge in [-0.15, -0.1) is 11.3 Å². The fourth-order valence-corrected chi connectivity index (χ4v) is 11.9. The standard InChI is InChI=1S/C35H48N2O4S2/c1-30(2)13-11-24-25(38)20-27-33(6)21-23(22-36)29(39)31(3,4)26(33)12-14-35(27,8)34(24,7)18-17-32(5,16-15-30)37-43(40,41)28-10-9-19-42-28/h9-10,19-21,24,26,37H,11-18H2,1-8H3/t24?,26-,32-,33-,34+,35+/m0/s1. The summed E-state index contributed by atoms with van der Waals surface area (Å²) in [5, 5.41) is 11.7. The molecule has 1 aromatic rings. The normalized spacial score (nSPS) is 39.3. The van der Waals surface area contributed by atoms with Crippen LogP contribution in [0.5, 0.6) is 0 Å². The minimum Gasteiger partial charge on any atom is -0.295 e. The second-order valence-corrected chi connectivity index (χ2v) is 19.0. The van der Waals surface area contributed by atoms with Crippen LogP contribution in [0.1, 0.15) is 107 Å². The van der Waals surface area contributed by atoms with Crippen molar-refractivity contribution in [2.45, 2.75) is 117 Å². The van der Waals surface area contributed by atoms with Crippen molar-refractivity contribution in [3.63, 3.8) is 0 Å². The molecule has 1 heterocycles. The lowest BCUT2D eigenvalue weighted by molar-refractivity contribution is -0.139. The number of hydrogen-bond acceptors (Lipinski definition) is 6. The lowest BCUT2D eigenvalue weighted by Gasteiger charge is -2.65. The molecule has 4 aliphatic rings. The van der Waals surface area contributed by atoms with E-state index in [1.165, 1.54) is 11.3 Å². The summed E-state index contributed by atoms with van der Waals surface area (Å²) < 4.78 is 30.5. The molecule has 0 bridgehead atoms. The first-order valence-electron chi connectivity index (χ1n) is 15.8. The highest BCUT2D eigenvalue weighted by Crippen LogP contribution is 2.70. The van der Waals surface area contributed by atoms with Gasteiger partial charge in [0.2, 0.25) is 0 Å². The molecule has 6 atom stereocenters. The van der Waals surface area contributed by atoms with Crippen molar-refractivity contribution in [1.29, 1.82) is 5.26 Å². The third-order valence-corrected chi connectivity index (χ3v) is 15.6. The Hall–Kier alpha value is -2.08. The molecule has 8 heteroatoms. The molecule has 43 heavy (non-hydrogen) atoms. The smallest absolute Gasteiger partial charge is 0.250 e. The van der Waals surface area contributed by atoms with Gasteiger partial charge in [-0.3, -0.25) is 9.59 Å². The number of ketones is 2. The summed E-state index contributed by atoms with van der Waals surface area (Å²) in [5.74, 6) is -0.175. The summed E-state index contributed by atoms with van der Waals surface area (Å²) in [7, 11) is -3.69. The first-order chi connectivity index (χ1) is 19.7. The van der Waals surface area contributed by atoms with Crippen molar-refractivity contribution >= 4 is 32.9 Å². The Morgan fingerprint density at radius 3 is 2.23 bits per heavy atom. The number of thiophene rings is 1. The van der Waals surface area contributed by atoms with Crippen LogP contribution in [0.25, 0.3) is 0 Å². The minimum absolute atomic E-state index is 0.0155. The van der Waals surface area contributed by atoms with E-state index in [2.05, 4.69) is 45.4 Å². The van der Waals surface area contributed by atoms with Crippen molar-refractivity contribution in [3.8, 4) is 6.07 Å². The molecule has 2 fully saturated rings. The third-order valence-electron chi connectivity index (χ3n) is 12.6. The predicted molar refractivity (Wildman–Crippen MR) is 171 cm³/mol.